The molecule has 0 aliphatic heterocycles. The van der Waals surface area contributed by atoms with Gasteiger partial charge in [-0.25, -0.2) is 0 Å². The second-order valence-corrected chi connectivity index (χ2v) is 7.09. The van der Waals surface area contributed by atoms with E-state index in [0.29, 0.717) is 28.8 Å². The number of hydrogen-bond donors (Lipinski definition) is 2. The first-order valence-corrected chi connectivity index (χ1v) is 9.86. The number of amides is 2. The highest BCUT2D eigenvalue weighted by molar-refractivity contribution is 6.32. The number of para-hydroxylation sites is 1. The average Bonchev–Trinajstić information content (AvgIpc) is 3.33. The van der Waals surface area contributed by atoms with E-state index in [1.165, 1.54) is 10.9 Å². The van der Waals surface area contributed by atoms with E-state index in [0.717, 1.165) is 12.0 Å². The van der Waals surface area contributed by atoms with Crippen molar-refractivity contribution in [2.45, 2.75) is 26.9 Å². The molecule has 0 spiro atoms. The molecule has 2 N–H and O–H groups in total. The van der Waals surface area contributed by atoms with E-state index in [9.17, 15) is 9.59 Å². The molecule has 0 bridgehead atoms. The Balaban J connectivity index is 1.67. The monoisotopic (exact) mass is 430 g/mol. The SMILES string of the molecule is CCCNC(=O)c1c(NC(=O)c2ccc(COc3c(C)cccc3Cl)o2)cnn1C. The van der Waals surface area contributed by atoms with E-state index < -0.39 is 5.91 Å². The molecule has 30 heavy (non-hydrogen) atoms. The van der Waals surface area contributed by atoms with Crippen molar-refractivity contribution in [1.29, 1.82) is 0 Å². The lowest BCUT2D eigenvalue weighted by Crippen LogP contribution is -2.27. The number of carbonyl (C=O) groups is 2. The maximum absolute atomic E-state index is 12.6. The molecule has 2 heterocycles. The van der Waals surface area contributed by atoms with E-state index in [1.54, 1.807) is 25.2 Å². The van der Waals surface area contributed by atoms with Gasteiger partial charge in [0.05, 0.1) is 16.9 Å². The van der Waals surface area contributed by atoms with Crippen LogP contribution in [0.15, 0.2) is 40.9 Å². The van der Waals surface area contributed by atoms with Gasteiger partial charge in [0.1, 0.15) is 23.8 Å². The van der Waals surface area contributed by atoms with Crippen molar-refractivity contribution in [3.63, 3.8) is 0 Å². The van der Waals surface area contributed by atoms with E-state index >= 15 is 0 Å². The summed E-state index contributed by atoms with van der Waals surface area (Å²) in [5.74, 6) is 0.322. The Hall–Kier alpha value is -3.26. The fourth-order valence-corrected chi connectivity index (χ4v) is 3.10. The molecule has 3 rings (SSSR count). The topological polar surface area (TPSA) is 98.4 Å². The number of nitrogens with zero attached hydrogens (tertiary/aromatic N) is 2. The molecular weight excluding hydrogens is 408 g/mol. The predicted octanol–water partition coefficient (Wildman–Crippen LogP) is 3.95. The Morgan fingerprint density at radius 3 is 2.77 bits per heavy atom. The number of anilines is 1. The summed E-state index contributed by atoms with van der Waals surface area (Å²) < 4.78 is 12.7. The van der Waals surface area contributed by atoms with Crippen LogP contribution in [0.5, 0.6) is 5.75 Å². The minimum absolute atomic E-state index is 0.0910. The van der Waals surface area contributed by atoms with Crippen molar-refractivity contribution in [2.24, 2.45) is 7.05 Å². The number of nitrogens with one attached hydrogen (secondary N) is 2. The summed E-state index contributed by atoms with van der Waals surface area (Å²) in [7, 11) is 1.63. The third-order valence-corrected chi connectivity index (χ3v) is 4.64. The highest BCUT2D eigenvalue weighted by Gasteiger charge is 2.20. The van der Waals surface area contributed by atoms with Gasteiger partial charge < -0.3 is 19.8 Å². The molecule has 158 valence electrons. The van der Waals surface area contributed by atoms with Crippen molar-refractivity contribution in [3.05, 3.63) is 64.3 Å². The minimum Gasteiger partial charge on any atom is -0.484 e. The Kier molecular flexibility index (Phi) is 6.79. The van der Waals surface area contributed by atoms with E-state index in [2.05, 4.69) is 15.7 Å². The summed E-state index contributed by atoms with van der Waals surface area (Å²) in [6, 6.07) is 8.67. The van der Waals surface area contributed by atoms with Gasteiger partial charge in [0.2, 0.25) is 0 Å². The molecular formula is C21H23ClN4O4. The van der Waals surface area contributed by atoms with Crippen LogP contribution in [0.4, 0.5) is 5.69 Å². The number of benzene rings is 1. The van der Waals surface area contributed by atoms with Gasteiger partial charge in [0.15, 0.2) is 5.76 Å². The fraction of sp³-hybridized carbons (Fsp3) is 0.286. The van der Waals surface area contributed by atoms with Gasteiger partial charge in [-0.3, -0.25) is 14.3 Å². The Morgan fingerprint density at radius 1 is 1.23 bits per heavy atom. The number of rotatable bonds is 8. The molecule has 0 fully saturated rings. The lowest BCUT2D eigenvalue weighted by molar-refractivity contribution is 0.0945. The van der Waals surface area contributed by atoms with Crippen LogP contribution < -0.4 is 15.4 Å². The Bertz CT molecular complexity index is 1040. The van der Waals surface area contributed by atoms with Gasteiger partial charge in [-0.05, 0) is 37.1 Å². The second kappa shape index (κ2) is 9.49. The number of furan rings is 1. The molecule has 8 nitrogen and oxygen atoms in total. The number of halogens is 1. The number of carbonyl (C=O) groups excluding carboxylic acids is 2. The third-order valence-electron chi connectivity index (χ3n) is 4.35. The van der Waals surface area contributed by atoms with Crippen molar-refractivity contribution in [3.8, 4) is 5.75 Å². The van der Waals surface area contributed by atoms with Crippen LogP contribution in [0.25, 0.3) is 0 Å². The normalized spacial score (nSPS) is 10.7. The summed E-state index contributed by atoms with van der Waals surface area (Å²) in [6.07, 6.45) is 2.22. The van der Waals surface area contributed by atoms with Gasteiger partial charge in [0.25, 0.3) is 11.8 Å². The number of ether oxygens (including phenoxy) is 1. The maximum atomic E-state index is 12.6. The van der Waals surface area contributed by atoms with Crippen LogP contribution in [0.2, 0.25) is 5.02 Å². The van der Waals surface area contributed by atoms with E-state index in [1.807, 2.05) is 26.0 Å². The smallest absolute Gasteiger partial charge is 0.291 e. The third kappa shape index (κ3) is 4.83. The van der Waals surface area contributed by atoms with Gasteiger partial charge in [-0.15, -0.1) is 0 Å². The van der Waals surface area contributed by atoms with Gasteiger partial charge in [0, 0.05) is 13.6 Å². The highest BCUT2D eigenvalue weighted by Crippen LogP contribution is 2.29. The summed E-state index contributed by atoms with van der Waals surface area (Å²) in [6.45, 7) is 4.50. The molecule has 0 aliphatic carbocycles. The van der Waals surface area contributed by atoms with Crippen LogP contribution in [0.1, 0.15) is 45.7 Å². The second-order valence-electron chi connectivity index (χ2n) is 6.68. The average molecular weight is 431 g/mol. The zero-order valence-corrected chi connectivity index (χ0v) is 17.7. The van der Waals surface area contributed by atoms with Gasteiger partial charge in [-0.1, -0.05) is 30.7 Å². The van der Waals surface area contributed by atoms with Crippen molar-refractivity contribution < 1.29 is 18.7 Å². The van der Waals surface area contributed by atoms with Crippen molar-refractivity contribution >= 4 is 29.1 Å². The Labute approximate surface area is 179 Å². The Morgan fingerprint density at radius 2 is 2.03 bits per heavy atom. The van der Waals surface area contributed by atoms with Crippen LogP contribution in [-0.2, 0) is 13.7 Å². The number of aryl methyl sites for hydroxylation is 2. The number of aromatic nitrogens is 2. The molecule has 9 heteroatoms. The summed E-state index contributed by atoms with van der Waals surface area (Å²) in [5, 5.41) is 10.0. The molecule has 0 aliphatic rings. The molecule has 1 aromatic carbocycles. The zero-order chi connectivity index (χ0) is 21.7. The predicted molar refractivity (Wildman–Crippen MR) is 113 cm³/mol. The van der Waals surface area contributed by atoms with E-state index in [-0.39, 0.29) is 24.0 Å². The highest BCUT2D eigenvalue weighted by atomic mass is 35.5. The molecule has 2 amide bonds. The lowest BCUT2D eigenvalue weighted by atomic mass is 10.2. The first-order chi connectivity index (χ1) is 14.4. The summed E-state index contributed by atoms with van der Waals surface area (Å²) in [4.78, 5) is 24.9. The quantitative estimate of drug-likeness (QED) is 0.563. The minimum atomic E-state index is -0.493. The van der Waals surface area contributed by atoms with Crippen LogP contribution in [0.3, 0.4) is 0 Å². The maximum Gasteiger partial charge on any atom is 0.291 e. The number of hydrogen-bond acceptors (Lipinski definition) is 5. The standard InChI is InChI=1S/C21H23ClN4O4/c1-4-10-23-21(28)18-16(11-24-26(18)3)25-20(27)17-9-8-14(30-17)12-29-19-13(2)6-5-7-15(19)22/h5-9,11H,4,10,12H2,1-3H3,(H,23,28)(H,25,27). The fourth-order valence-electron chi connectivity index (χ4n) is 2.82. The van der Waals surface area contributed by atoms with Crippen LogP contribution in [-0.4, -0.2) is 28.1 Å². The largest absolute Gasteiger partial charge is 0.484 e. The summed E-state index contributed by atoms with van der Waals surface area (Å²) >= 11 is 6.16. The van der Waals surface area contributed by atoms with Crippen LogP contribution in [0, 0.1) is 6.92 Å². The molecule has 2 aromatic heterocycles. The molecule has 0 radical (unpaired) electrons. The lowest BCUT2D eigenvalue weighted by Gasteiger charge is -2.09. The van der Waals surface area contributed by atoms with Gasteiger partial charge >= 0.3 is 0 Å². The van der Waals surface area contributed by atoms with E-state index in [4.69, 9.17) is 20.8 Å². The van der Waals surface area contributed by atoms with Crippen molar-refractivity contribution in [2.75, 3.05) is 11.9 Å². The van der Waals surface area contributed by atoms with Crippen LogP contribution >= 0.6 is 11.6 Å². The molecule has 0 atom stereocenters. The molecule has 0 unspecified atom stereocenters. The zero-order valence-electron chi connectivity index (χ0n) is 17.0. The summed E-state index contributed by atoms with van der Waals surface area (Å²) in [5.41, 5.74) is 1.47. The van der Waals surface area contributed by atoms with Crippen molar-refractivity contribution in [1.82, 2.24) is 15.1 Å². The molecule has 0 saturated carbocycles. The van der Waals surface area contributed by atoms with Gasteiger partial charge in [-0.2, -0.15) is 5.10 Å². The first kappa shape index (κ1) is 21.4. The first-order valence-electron chi connectivity index (χ1n) is 9.48. The molecule has 0 saturated heterocycles. The molecule has 3 aromatic rings.